The molecule has 0 aliphatic rings. The molecular weight excluding hydrogens is 134 g/mol. The molecule has 0 unspecified atom stereocenters. The van der Waals surface area contributed by atoms with Crippen LogP contribution in [0.3, 0.4) is 0 Å². The number of hydrogen-bond acceptors (Lipinski definition) is 2. The summed E-state index contributed by atoms with van der Waals surface area (Å²) in [5.74, 6) is -1.02. The molecule has 0 fully saturated rings. The van der Waals surface area contributed by atoms with E-state index in [1.807, 2.05) is 0 Å². The van der Waals surface area contributed by atoms with Crippen molar-refractivity contribution in [3.63, 3.8) is 0 Å². The topological polar surface area (TPSA) is 26.3 Å². The van der Waals surface area contributed by atoms with Gasteiger partial charge in [0, 0.05) is 0 Å². The third-order valence-electron chi connectivity index (χ3n) is 0.465. The van der Waals surface area contributed by atoms with Crippen molar-refractivity contribution in [2.24, 2.45) is 0 Å². The van der Waals surface area contributed by atoms with E-state index in [1.165, 1.54) is 0 Å². The Morgan fingerprint density at radius 1 is 2.00 bits per heavy atom. The fourth-order valence-corrected chi connectivity index (χ4v) is 0.268. The van der Waals surface area contributed by atoms with Crippen molar-refractivity contribution in [1.82, 2.24) is 0 Å². The number of ether oxygens (including phenoxy) is 1. The van der Waals surface area contributed by atoms with Crippen LogP contribution in [0.25, 0.3) is 0 Å². The van der Waals surface area contributed by atoms with Crippen molar-refractivity contribution in [3.8, 4) is 0 Å². The molecule has 0 rings (SSSR count). The molecule has 2 nitrogen and oxygen atoms in total. The summed E-state index contributed by atoms with van der Waals surface area (Å²) in [6.45, 7) is 1.74. The van der Waals surface area contributed by atoms with Gasteiger partial charge >= 0.3 is 5.97 Å². The first kappa shape index (κ1) is 7.69. The largest absolute Gasteiger partial charge is 0.463 e. The highest BCUT2D eigenvalue weighted by Crippen LogP contribution is 1.98. The summed E-state index contributed by atoms with van der Waals surface area (Å²) in [4.78, 5) is 10.0. The van der Waals surface area contributed by atoms with E-state index in [4.69, 9.17) is 0 Å². The molecule has 48 valence electrons. The van der Waals surface area contributed by atoms with Crippen LogP contribution in [0.2, 0.25) is 0 Å². The molecule has 0 aliphatic carbocycles. The maximum atomic E-state index is 11.6. The minimum Gasteiger partial charge on any atom is -0.463 e. The summed E-state index contributed by atoms with van der Waals surface area (Å²) in [5, 5.41) is 0. The minimum absolute atomic E-state index is 0.159. The SMILES string of the molecule is CCOC(=O)[C@H](F)Cl. The second kappa shape index (κ2) is 3.66. The molecule has 0 amide bonds. The Morgan fingerprint density at radius 3 is 2.62 bits per heavy atom. The van der Waals surface area contributed by atoms with Gasteiger partial charge < -0.3 is 4.74 Å². The Kier molecular flexibility index (Phi) is 3.52. The number of esters is 1. The number of halogens is 2. The van der Waals surface area contributed by atoms with Crippen LogP contribution in [0, 0.1) is 0 Å². The third-order valence-corrected chi connectivity index (χ3v) is 0.643. The van der Waals surface area contributed by atoms with Crippen molar-refractivity contribution < 1.29 is 13.9 Å². The normalized spacial score (nSPS) is 12.9. The lowest BCUT2D eigenvalue weighted by Crippen LogP contribution is -2.12. The van der Waals surface area contributed by atoms with Crippen LogP contribution in [0.15, 0.2) is 0 Å². The molecular formula is C4H6ClFO2. The lowest BCUT2D eigenvalue weighted by molar-refractivity contribution is -0.145. The number of alkyl halides is 2. The molecule has 0 saturated carbocycles. The lowest BCUT2D eigenvalue weighted by Gasteiger charge is -1.97. The molecule has 1 atom stereocenters. The van der Waals surface area contributed by atoms with Crippen LogP contribution in [0.5, 0.6) is 0 Å². The lowest BCUT2D eigenvalue weighted by atomic mass is 10.7. The highest BCUT2D eigenvalue weighted by molar-refractivity contribution is 6.28. The van der Waals surface area contributed by atoms with Crippen LogP contribution in [-0.4, -0.2) is 18.2 Å². The van der Waals surface area contributed by atoms with E-state index in [1.54, 1.807) is 6.92 Å². The molecule has 4 heteroatoms. The molecule has 0 saturated heterocycles. The molecule has 0 bridgehead atoms. The van der Waals surface area contributed by atoms with Crippen LogP contribution in [-0.2, 0) is 9.53 Å². The highest BCUT2D eigenvalue weighted by Gasteiger charge is 2.12. The van der Waals surface area contributed by atoms with E-state index >= 15 is 0 Å². The van der Waals surface area contributed by atoms with Crippen molar-refractivity contribution in [3.05, 3.63) is 0 Å². The zero-order valence-corrected chi connectivity index (χ0v) is 5.11. The van der Waals surface area contributed by atoms with E-state index in [-0.39, 0.29) is 6.61 Å². The van der Waals surface area contributed by atoms with Crippen LogP contribution in [0.4, 0.5) is 4.39 Å². The van der Waals surface area contributed by atoms with E-state index in [0.29, 0.717) is 0 Å². The number of carbonyl (C=O) groups is 1. The zero-order chi connectivity index (χ0) is 6.57. The van der Waals surface area contributed by atoms with E-state index in [0.717, 1.165) is 0 Å². The van der Waals surface area contributed by atoms with Gasteiger partial charge in [-0.1, -0.05) is 11.6 Å². The maximum Gasteiger partial charge on any atom is 0.356 e. The highest BCUT2D eigenvalue weighted by atomic mass is 35.5. The minimum atomic E-state index is -2.02. The number of hydrogen-bond donors (Lipinski definition) is 0. The first-order valence-corrected chi connectivity index (χ1v) is 2.57. The fourth-order valence-electron chi connectivity index (χ4n) is 0.205. The monoisotopic (exact) mass is 140 g/mol. The van der Waals surface area contributed by atoms with E-state index in [9.17, 15) is 9.18 Å². The molecule has 0 spiro atoms. The summed E-state index contributed by atoms with van der Waals surface area (Å²) in [5.41, 5.74) is -2.02. The second-order valence-electron chi connectivity index (χ2n) is 1.05. The van der Waals surface area contributed by atoms with Crippen LogP contribution >= 0.6 is 11.6 Å². The van der Waals surface area contributed by atoms with Gasteiger partial charge in [-0.2, -0.15) is 0 Å². The molecule has 0 aromatic heterocycles. The quantitative estimate of drug-likeness (QED) is 0.424. The third kappa shape index (κ3) is 2.80. The summed E-state index contributed by atoms with van der Waals surface area (Å²) in [6, 6.07) is 0. The van der Waals surface area contributed by atoms with Crippen LogP contribution in [0.1, 0.15) is 6.92 Å². The van der Waals surface area contributed by atoms with Crippen molar-refractivity contribution >= 4 is 17.6 Å². The molecule has 8 heavy (non-hydrogen) atoms. The summed E-state index contributed by atoms with van der Waals surface area (Å²) in [7, 11) is 0. The average molecular weight is 141 g/mol. The Hall–Kier alpha value is -0.310. The van der Waals surface area contributed by atoms with Gasteiger partial charge in [-0.25, -0.2) is 9.18 Å². The molecule has 0 radical (unpaired) electrons. The predicted octanol–water partition coefficient (Wildman–Crippen LogP) is 1.08. The van der Waals surface area contributed by atoms with Gasteiger partial charge in [0.1, 0.15) is 0 Å². The summed E-state index contributed by atoms with van der Waals surface area (Å²) < 4.78 is 15.7. The van der Waals surface area contributed by atoms with Gasteiger partial charge in [-0.05, 0) is 6.92 Å². The second-order valence-corrected chi connectivity index (χ2v) is 1.44. The number of rotatable bonds is 2. The molecule has 0 aromatic rings. The summed E-state index contributed by atoms with van der Waals surface area (Å²) in [6.07, 6.45) is 0. The van der Waals surface area contributed by atoms with E-state index in [2.05, 4.69) is 16.3 Å². The number of carbonyl (C=O) groups excluding carboxylic acids is 1. The van der Waals surface area contributed by atoms with Gasteiger partial charge in [0.15, 0.2) is 0 Å². The predicted molar refractivity (Wildman–Crippen MR) is 27.4 cm³/mol. The summed E-state index contributed by atoms with van der Waals surface area (Å²) >= 11 is 4.67. The molecule has 0 N–H and O–H groups in total. The average Bonchev–Trinajstić information content (AvgIpc) is 1.67. The van der Waals surface area contributed by atoms with Crippen molar-refractivity contribution in [2.75, 3.05) is 6.61 Å². The molecule has 0 aromatic carbocycles. The Balaban J connectivity index is 3.33. The fraction of sp³-hybridized carbons (Fsp3) is 0.750. The van der Waals surface area contributed by atoms with Gasteiger partial charge in [0.25, 0.3) is 5.63 Å². The van der Waals surface area contributed by atoms with Gasteiger partial charge in [0.05, 0.1) is 6.61 Å². The molecule has 0 heterocycles. The van der Waals surface area contributed by atoms with Crippen molar-refractivity contribution in [2.45, 2.75) is 12.6 Å². The Labute approximate surface area is 51.6 Å². The van der Waals surface area contributed by atoms with Gasteiger partial charge in [-0.15, -0.1) is 0 Å². The molecule has 0 aliphatic heterocycles. The van der Waals surface area contributed by atoms with Gasteiger partial charge in [-0.3, -0.25) is 0 Å². The standard InChI is InChI=1S/C4H6ClFO2/c1-2-8-4(7)3(5)6/h3H,2H2,1H3/t3-/m0/s1. The maximum absolute atomic E-state index is 11.6. The Bertz CT molecular complexity index is 84.1. The van der Waals surface area contributed by atoms with Crippen molar-refractivity contribution in [1.29, 1.82) is 0 Å². The zero-order valence-electron chi connectivity index (χ0n) is 4.36. The van der Waals surface area contributed by atoms with Gasteiger partial charge in [0.2, 0.25) is 0 Å². The first-order chi connectivity index (χ1) is 3.68. The first-order valence-electron chi connectivity index (χ1n) is 2.13. The van der Waals surface area contributed by atoms with E-state index < -0.39 is 11.6 Å². The van der Waals surface area contributed by atoms with Crippen LogP contribution < -0.4 is 0 Å². The Morgan fingerprint density at radius 2 is 2.50 bits per heavy atom. The smallest absolute Gasteiger partial charge is 0.356 e.